The second kappa shape index (κ2) is 4.47. The molecule has 20 heavy (non-hydrogen) atoms. The van der Waals surface area contributed by atoms with Crippen LogP contribution in [-0.4, -0.2) is 58.0 Å². The van der Waals surface area contributed by atoms with E-state index in [1.807, 2.05) is 0 Å². The number of nitro groups is 1. The molecule has 1 aromatic heterocycles. The molecule has 1 unspecified atom stereocenters. The highest BCUT2D eigenvalue weighted by Gasteiger charge is 2.37. The third kappa shape index (κ3) is 1.94. The van der Waals surface area contributed by atoms with Crippen molar-refractivity contribution in [2.24, 2.45) is 0 Å². The maximum atomic E-state index is 11.5. The Bertz CT molecular complexity index is 578. The third-order valence-corrected chi connectivity index (χ3v) is 3.50. The molecule has 0 saturated carbocycles. The highest BCUT2D eigenvalue weighted by molar-refractivity contribution is 5.77. The summed E-state index contributed by atoms with van der Waals surface area (Å²) in [6, 6.07) is -0.0987. The standard InChI is InChI=1S/C10H13N7O3/c11-9-12-4-7(17(19)20)8(14-9)15-1-2-16-6(5-15)3-13-10(16)18/h4,6H,1-3,5H2,(H,13,18)(H2,11,12,14). The van der Waals surface area contributed by atoms with Crippen LogP contribution in [0.25, 0.3) is 0 Å². The van der Waals surface area contributed by atoms with Crippen LogP contribution in [0.1, 0.15) is 0 Å². The van der Waals surface area contributed by atoms with Crippen LogP contribution in [0, 0.1) is 10.1 Å². The minimum atomic E-state index is -0.529. The van der Waals surface area contributed by atoms with Gasteiger partial charge in [0.25, 0.3) is 0 Å². The summed E-state index contributed by atoms with van der Waals surface area (Å²) in [6.45, 7) is 1.98. The molecular weight excluding hydrogens is 266 g/mol. The molecule has 0 aromatic carbocycles. The van der Waals surface area contributed by atoms with Gasteiger partial charge in [-0.15, -0.1) is 0 Å². The Hall–Kier alpha value is -2.65. The van der Waals surface area contributed by atoms with Crippen molar-refractivity contribution in [1.29, 1.82) is 0 Å². The Kier molecular flexibility index (Phi) is 2.77. The molecule has 1 atom stereocenters. The van der Waals surface area contributed by atoms with Gasteiger partial charge in [-0.1, -0.05) is 0 Å². The number of amides is 2. The SMILES string of the molecule is Nc1ncc([N+](=O)[O-])c(N2CCN3C(=O)NCC3C2)n1. The van der Waals surface area contributed by atoms with Crippen molar-refractivity contribution in [3.8, 4) is 0 Å². The maximum Gasteiger partial charge on any atom is 0.329 e. The number of carbonyl (C=O) groups is 1. The normalized spacial score (nSPS) is 21.6. The summed E-state index contributed by atoms with van der Waals surface area (Å²) >= 11 is 0. The summed E-state index contributed by atoms with van der Waals surface area (Å²) in [6.07, 6.45) is 1.11. The molecule has 0 radical (unpaired) electrons. The number of piperazine rings is 1. The zero-order valence-electron chi connectivity index (χ0n) is 10.5. The Labute approximate surface area is 113 Å². The van der Waals surface area contributed by atoms with Gasteiger partial charge in [0.05, 0.1) is 11.0 Å². The van der Waals surface area contributed by atoms with Gasteiger partial charge in [-0.3, -0.25) is 10.1 Å². The van der Waals surface area contributed by atoms with Crippen molar-refractivity contribution in [1.82, 2.24) is 20.2 Å². The van der Waals surface area contributed by atoms with E-state index < -0.39 is 4.92 Å². The van der Waals surface area contributed by atoms with Crippen molar-refractivity contribution in [3.63, 3.8) is 0 Å². The molecular formula is C10H13N7O3. The number of fused-ring (bicyclic) bond motifs is 1. The average Bonchev–Trinajstić information content (AvgIpc) is 2.79. The lowest BCUT2D eigenvalue weighted by Gasteiger charge is -2.36. The number of urea groups is 1. The minimum absolute atomic E-state index is 0.00588. The van der Waals surface area contributed by atoms with Crippen LogP contribution < -0.4 is 16.0 Å². The van der Waals surface area contributed by atoms with E-state index in [2.05, 4.69) is 15.3 Å². The van der Waals surface area contributed by atoms with Crippen molar-refractivity contribution in [3.05, 3.63) is 16.3 Å². The van der Waals surface area contributed by atoms with Crippen LogP contribution in [-0.2, 0) is 0 Å². The summed E-state index contributed by atoms with van der Waals surface area (Å²) in [4.78, 5) is 33.2. The van der Waals surface area contributed by atoms with Crippen molar-refractivity contribution < 1.29 is 9.72 Å². The van der Waals surface area contributed by atoms with Crippen LogP contribution in [0.4, 0.5) is 22.2 Å². The summed E-state index contributed by atoms with van der Waals surface area (Å²) in [5.41, 5.74) is 5.34. The molecule has 1 aromatic rings. The van der Waals surface area contributed by atoms with E-state index >= 15 is 0 Å². The molecule has 2 amide bonds. The first-order valence-corrected chi connectivity index (χ1v) is 6.12. The highest BCUT2D eigenvalue weighted by Crippen LogP contribution is 2.28. The molecule has 0 bridgehead atoms. The van der Waals surface area contributed by atoms with Gasteiger partial charge in [0.15, 0.2) is 0 Å². The minimum Gasteiger partial charge on any atom is -0.368 e. The first-order valence-electron chi connectivity index (χ1n) is 6.12. The lowest BCUT2D eigenvalue weighted by molar-refractivity contribution is -0.384. The first kappa shape index (κ1) is 12.4. The smallest absolute Gasteiger partial charge is 0.329 e. The lowest BCUT2D eigenvalue weighted by atomic mass is 10.2. The van der Waals surface area contributed by atoms with Crippen molar-refractivity contribution in [2.75, 3.05) is 36.8 Å². The van der Waals surface area contributed by atoms with Crippen LogP contribution >= 0.6 is 0 Å². The second-order valence-corrected chi connectivity index (χ2v) is 4.67. The van der Waals surface area contributed by atoms with Gasteiger partial charge >= 0.3 is 11.7 Å². The highest BCUT2D eigenvalue weighted by atomic mass is 16.6. The molecule has 2 aliphatic rings. The third-order valence-electron chi connectivity index (χ3n) is 3.50. The number of carbonyl (C=O) groups excluding carboxylic acids is 1. The lowest BCUT2D eigenvalue weighted by Crippen LogP contribution is -2.52. The number of hydrogen-bond acceptors (Lipinski definition) is 7. The van der Waals surface area contributed by atoms with Gasteiger partial charge in [0.1, 0.15) is 6.20 Å². The largest absolute Gasteiger partial charge is 0.368 e. The monoisotopic (exact) mass is 279 g/mol. The van der Waals surface area contributed by atoms with Crippen molar-refractivity contribution in [2.45, 2.75) is 6.04 Å². The van der Waals surface area contributed by atoms with Gasteiger partial charge in [-0.2, -0.15) is 4.98 Å². The second-order valence-electron chi connectivity index (χ2n) is 4.67. The van der Waals surface area contributed by atoms with Crippen LogP contribution in [0.3, 0.4) is 0 Å². The van der Waals surface area contributed by atoms with Gasteiger partial charge in [-0.25, -0.2) is 9.78 Å². The number of hydrogen-bond donors (Lipinski definition) is 2. The fraction of sp³-hybridized carbons (Fsp3) is 0.500. The number of nitrogen functional groups attached to an aromatic ring is 1. The van der Waals surface area contributed by atoms with E-state index in [9.17, 15) is 14.9 Å². The molecule has 106 valence electrons. The predicted octanol–water partition coefficient (Wildman–Crippen LogP) is -0.819. The topological polar surface area (TPSA) is 131 Å². The predicted molar refractivity (Wildman–Crippen MR) is 69.2 cm³/mol. The van der Waals surface area contributed by atoms with Crippen LogP contribution in [0.15, 0.2) is 6.20 Å². The van der Waals surface area contributed by atoms with E-state index in [1.54, 1.807) is 9.80 Å². The number of aromatic nitrogens is 2. The summed E-state index contributed by atoms with van der Waals surface area (Å²) < 4.78 is 0. The van der Waals surface area contributed by atoms with Gasteiger partial charge in [0, 0.05) is 26.2 Å². The maximum absolute atomic E-state index is 11.5. The molecule has 0 spiro atoms. The zero-order valence-corrected chi connectivity index (χ0v) is 10.5. The van der Waals surface area contributed by atoms with E-state index in [0.29, 0.717) is 26.2 Å². The molecule has 3 heterocycles. The number of rotatable bonds is 2. The molecule has 2 saturated heterocycles. The van der Waals surface area contributed by atoms with E-state index in [4.69, 9.17) is 5.73 Å². The molecule has 3 N–H and O–H groups in total. The zero-order chi connectivity index (χ0) is 14.3. The van der Waals surface area contributed by atoms with E-state index in [-0.39, 0.29) is 29.5 Å². The Morgan fingerprint density at radius 2 is 2.30 bits per heavy atom. The summed E-state index contributed by atoms with van der Waals surface area (Å²) in [5.74, 6) is 0.204. The van der Waals surface area contributed by atoms with Gasteiger partial charge in [-0.05, 0) is 0 Å². The molecule has 0 aliphatic carbocycles. The summed E-state index contributed by atoms with van der Waals surface area (Å²) in [5, 5.41) is 13.8. The number of nitrogens with two attached hydrogens (primary N) is 1. The average molecular weight is 279 g/mol. The molecule has 10 nitrogen and oxygen atoms in total. The van der Waals surface area contributed by atoms with E-state index in [1.165, 1.54) is 0 Å². The fourth-order valence-electron chi connectivity index (χ4n) is 2.54. The van der Waals surface area contributed by atoms with Crippen LogP contribution in [0.5, 0.6) is 0 Å². The van der Waals surface area contributed by atoms with Gasteiger partial charge in [0.2, 0.25) is 11.8 Å². The molecule has 2 aliphatic heterocycles. The molecule has 3 rings (SSSR count). The molecule has 10 heteroatoms. The summed E-state index contributed by atoms with van der Waals surface area (Å²) in [7, 11) is 0. The number of nitrogens with zero attached hydrogens (tertiary/aromatic N) is 5. The Morgan fingerprint density at radius 1 is 1.50 bits per heavy atom. The van der Waals surface area contributed by atoms with Gasteiger partial charge < -0.3 is 20.9 Å². The number of anilines is 2. The Balaban J connectivity index is 1.89. The van der Waals surface area contributed by atoms with E-state index in [0.717, 1.165) is 6.20 Å². The fourth-order valence-corrected chi connectivity index (χ4v) is 2.54. The Morgan fingerprint density at radius 3 is 3.05 bits per heavy atom. The molecule has 2 fully saturated rings. The first-order chi connectivity index (χ1) is 9.56. The number of nitrogens with one attached hydrogen (secondary N) is 1. The van der Waals surface area contributed by atoms with Crippen molar-refractivity contribution >= 4 is 23.5 Å². The van der Waals surface area contributed by atoms with Crippen LogP contribution in [0.2, 0.25) is 0 Å². The quantitative estimate of drug-likeness (QED) is 0.534.